The zero-order chi connectivity index (χ0) is 13.2. The van der Waals surface area contributed by atoms with Gasteiger partial charge in [0.15, 0.2) is 0 Å². The highest BCUT2D eigenvalue weighted by Crippen LogP contribution is 2.28. The minimum absolute atomic E-state index is 0.259. The van der Waals surface area contributed by atoms with Crippen molar-refractivity contribution in [1.82, 2.24) is 5.32 Å². The second-order valence-corrected chi connectivity index (χ2v) is 6.18. The highest BCUT2D eigenvalue weighted by molar-refractivity contribution is 9.10. The lowest BCUT2D eigenvalue weighted by Gasteiger charge is -2.36. The zero-order valence-corrected chi connectivity index (χ0v) is 12.1. The summed E-state index contributed by atoms with van der Waals surface area (Å²) >= 11 is 3.18. The molecule has 2 N–H and O–H groups in total. The van der Waals surface area contributed by atoms with Gasteiger partial charge in [-0.2, -0.15) is 0 Å². The van der Waals surface area contributed by atoms with Crippen LogP contribution >= 0.6 is 15.9 Å². The van der Waals surface area contributed by atoms with Crippen LogP contribution in [0.5, 0.6) is 0 Å². The van der Waals surface area contributed by atoms with Gasteiger partial charge in [0.05, 0.1) is 10.1 Å². The summed E-state index contributed by atoms with van der Waals surface area (Å²) in [5.74, 6) is -0.00666. The van der Waals surface area contributed by atoms with Gasteiger partial charge in [-0.3, -0.25) is 0 Å². The van der Waals surface area contributed by atoms with Crippen LogP contribution in [0.4, 0.5) is 4.39 Å². The largest absolute Gasteiger partial charge is 0.389 e. The first-order valence-electron chi connectivity index (χ1n) is 6.36. The maximum Gasteiger partial charge on any atom is 0.137 e. The SMILES string of the molecule is CC(O)(Cc1ccc(F)c(Br)c1)C1CCCNC1. The molecule has 0 radical (unpaired) electrons. The molecule has 18 heavy (non-hydrogen) atoms. The third kappa shape index (κ3) is 3.31. The molecule has 2 nitrogen and oxygen atoms in total. The lowest BCUT2D eigenvalue weighted by atomic mass is 9.79. The molecule has 0 aromatic heterocycles. The average Bonchev–Trinajstić information content (AvgIpc) is 2.35. The Morgan fingerprint density at radius 3 is 2.94 bits per heavy atom. The van der Waals surface area contributed by atoms with Gasteiger partial charge >= 0.3 is 0 Å². The summed E-state index contributed by atoms with van der Waals surface area (Å²) in [7, 11) is 0. The molecule has 100 valence electrons. The summed E-state index contributed by atoms with van der Waals surface area (Å²) < 4.78 is 13.6. The molecule has 0 saturated carbocycles. The van der Waals surface area contributed by atoms with Gasteiger partial charge in [0.1, 0.15) is 5.82 Å². The van der Waals surface area contributed by atoms with E-state index in [0.29, 0.717) is 10.9 Å². The predicted octanol–water partition coefficient (Wildman–Crippen LogP) is 2.88. The summed E-state index contributed by atoms with van der Waals surface area (Å²) in [6.07, 6.45) is 2.70. The normalized spacial score (nSPS) is 23.7. The van der Waals surface area contributed by atoms with Gasteiger partial charge < -0.3 is 10.4 Å². The molecule has 1 aromatic carbocycles. The maximum atomic E-state index is 13.2. The molecule has 2 atom stereocenters. The average molecular weight is 316 g/mol. The van der Waals surface area contributed by atoms with Crippen LogP contribution in [0.3, 0.4) is 0 Å². The highest BCUT2D eigenvalue weighted by atomic mass is 79.9. The van der Waals surface area contributed by atoms with E-state index in [4.69, 9.17) is 0 Å². The fourth-order valence-electron chi connectivity index (χ4n) is 2.59. The Morgan fingerprint density at radius 1 is 1.56 bits per heavy atom. The fourth-order valence-corrected chi connectivity index (χ4v) is 3.02. The molecule has 0 bridgehead atoms. The van der Waals surface area contributed by atoms with Crippen molar-refractivity contribution < 1.29 is 9.50 Å². The Morgan fingerprint density at radius 2 is 2.33 bits per heavy atom. The molecule has 2 rings (SSSR count). The minimum atomic E-state index is -0.745. The van der Waals surface area contributed by atoms with E-state index in [-0.39, 0.29) is 11.7 Å². The quantitative estimate of drug-likeness (QED) is 0.899. The minimum Gasteiger partial charge on any atom is -0.389 e. The molecule has 0 amide bonds. The van der Waals surface area contributed by atoms with Crippen LogP contribution in [0.2, 0.25) is 0 Å². The molecule has 1 fully saturated rings. The van der Waals surface area contributed by atoms with Crippen molar-refractivity contribution in [3.05, 3.63) is 34.1 Å². The molecule has 1 heterocycles. The molecule has 1 aliphatic rings. The number of rotatable bonds is 3. The number of benzene rings is 1. The standard InChI is InChI=1S/C14H19BrFNO/c1-14(18,11-3-2-6-17-9-11)8-10-4-5-13(16)12(15)7-10/h4-5,7,11,17-18H,2-3,6,8-9H2,1H3. The van der Waals surface area contributed by atoms with Crippen molar-refractivity contribution in [2.24, 2.45) is 5.92 Å². The first kappa shape index (κ1) is 14.0. The third-order valence-corrected chi connectivity index (χ3v) is 4.33. The zero-order valence-electron chi connectivity index (χ0n) is 10.5. The van der Waals surface area contributed by atoms with Crippen molar-refractivity contribution in [1.29, 1.82) is 0 Å². The molecular weight excluding hydrogens is 297 g/mol. The molecule has 0 aliphatic carbocycles. The fraction of sp³-hybridized carbons (Fsp3) is 0.571. The van der Waals surface area contributed by atoms with Crippen molar-refractivity contribution in [3.8, 4) is 0 Å². The van der Waals surface area contributed by atoms with Crippen LogP contribution < -0.4 is 5.32 Å². The first-order chi connectivity index (χ1) is 8.49. The molecule has 1 aliphatic heterocycles. The monoisotopic (exact) mass is 315 g/mol. The van der Waals surface area contributed by atoms with Gasteiger partial charge in [0.25, 0.3) is 0 Å². The molecule has 0 spiro atoms. The van der Waals surface area contributed by atoms with Crippen LogP contribution in [0.15, 0.2) is 22.7 Å². The Hall–Kier alpha value is -0.450. The van der Waals surface area contributed by atoms with Crippen LogP contribution in [0.1, 0.15) is 25.3 Å². The number of piperidine rings is 1. The van der Waals surface area contributed by atoms with Gasteiger partial charge in [-0.15, -0.1) is 0 Å². The molecule has 2 unspecified atom stereocenters. The van der Waals surface area contributed by atoms with E-state index in [1.807, 2.05) is 6.92 Å². The highest BCUT2D eigenvalue weighted by Gasteiger charge is 2.32. The van der Waals surface area contributed by atoms with Gasteiger partial charge in [-0.05, 0) is 59.9 Å². The molecular formula is C14H19BrFNO. The van der Waals surface area contributed by atoms with Crippen molar-refractivity contribution in [2.75, 3.05) is 13.1 Å². The van der Waals surface area contributed by atoms with E-state index in [1.165, 1.54) is 6.07 Å². The van der Waals surface area contributed by atoms with E-state index in [9.17, 15) is 9.50 Å². The number of nitrogens with one attached hydrogen (secondary N) is 1. The van der Waals surface area contributed by atoms with Crippen molar-refractivity contribution in [2.45, 2.75) is 31.8 Å². The van der Waals surface area contributed by atoms with E-state index in [1.54, 1.807) is 12.1 Å². The van der Waals surface area contributed by atoms with E-state index in [0.717, 1.165) is 31.5 Å². The Kier molecular flexibility index (Phi) is 4.41. The number of aliphatic hydroxyl groups is 1. The number of hydrogen-bond donors (Lipinski definition) is 2. The molecule has 1 saturated heterocycles. The molecule has 4 heteroatoms. The maximum absolute atomic E-state index is 13.2. The van der Waals surface area contributed by atoms with E-state index >= 15 is 0 Å². The summed E-state index contributed by atoms with van der Waals surface area (Å²) in [5, 5.41) is 13.9. The summed E-state index contributed by atoms with van der Waals surface area (Å²) in [4.78, 5) is 0. The summed E-state index contributed by atoms with van der Waals surface area (Å²) in [6.45, 7) is 3.77. The Bertz CT molecular complexity index is 416. The molecule has 1 aromatic rings. The number of halogens is 2. The second-order valence-electron chi connectivity index (χ2n) is 5.33. The van der Waals surface area contributed by atoms with Gasteiger partial charge in [0, 0.05) is 18.9 Å². The smallest absolute Gasteiger partial charge is 0.137 e. The predicted molar refractivity (Wildman–Crippen MR) is 74.0 cm³/mol. The Labute approximate surface area is 116 Å². The second kappa shape index (κ2) is 5.68. The van der Waals surface area contributed by atoms with Crippen molar-refractivity contribution >= 4 is 15.9 Å². The summed E-state index contributed by atoms with van der Waals surface area (Å²) in [6, 6.07) is 4.93. The van der Waals surface area contributed by atoms with E-state index < -0.39 is 5.60 Å². The lowest BCUT2D eigenvalue weighted by molar-refractivity contribution is -0.0102. The van der Waals surface area contributed by atoms with Gasteiger partial charge in [-0.1, -0.05) is 6.07 Å². The van der Waals surface area contributed by atoms with Crippen LogP contribution in [-0.4, -0.2) is 23.8 Å². The Balaban J connectivity index is 2.08. The van der Waals surface area contributed by atoms with Crippen LogP contribution in [-0.2, 0) is 6.42 Å². The lowest BCUT2D eigenvalue weighted by Crippen LogP contribution is -2.45. The van der Waals surface area contributed by atoms with Crippen LogP contribution in [0, 0.1) is 11.7 Å². The van der Waals surface area contributed by atoms with Crippen LogP contribution in [0.25, 0.3) is 0 Å². The van der Waals surface area contributed by atoms with Gasteiger partial charge in [0.2, 0.25) is 0 Å². The number of hydrogen-bond acceptors (Lipinski definition) is 2. The first-order valence-corrected chi connectivity index (χ1v) is 7.15. The van der Waals surface area contributed by atoms with Crippen molar-refractivity contribution in [3.63, 3.8) is 0 Å². The topological polar surface area (TPSA) is 32.3 Å². The third-order valence-electron chi connectivity index (χ3n) is 3.72. The summed E-state index contributed by atoms with van der Waals surface area (Å²) in [5.41, 5.74) is 0.212. The van der Waals surface area contributed by atoms with Gasteiger partial charge in [-0.25, -0.2) is 4.39 Å². The van der Waals surface area contributed by atoms with E-state index in [2.05, 4.69) is 21.2 Å².